The molecule has 1 saturated carbocycles. The summed E-state index contributed by atoms with van der Waals surface area (Å²) in [6.07, 6.45) is 3.61. The summed E-state index contributed by atoms with van der Waals surface area (Å²) in [7, 11) is 0. The number of hydrogen-bond donors (Lipinski definition) is 1. The van der Waals surface area contributed by atoms with Gasteiger partial charge in [0.25, 0.3) is 0 Å². The summed E-state index contributed by atoms with van der Waals surface area (Å²) in [5, 5.41) is 3.71. The van der Waals surface area contributed by atoms with Crippen LogP contribution in [-0.4, -0.2) is 6.04 Å². The molecular formula is C19H22BrN. The molecular weight excluding hydrogens is 322 g/mol. The minimum atomic E-state index is 0.659. The number of benzene rings is 2. The van der Waals surface area contributed by atoms with Crippen LogP contribution in [0, 0.1) is 0 Å². The van der Waals surface area contributed by atoms with Gasteiger partial charge in [-0.3, -0.25) is 0 Å². The first kappa shape index (κ1) is 14.8. The Balaban J connectivity index is 1.53. The van der Waals surface area contributed by atoms with Gasteiger partial charge in [0, 0.05) is 17.1 Å². The minimum Gasteiger partial charge on any atom is -0.310 e. The molecule has 1 N–H and O–H groups in total. The lowest BCUT2D eigenvalue weighted by molar-refractivity contribution is 0.288. The van der Waals surface area contributed by atoms with E-state index in [2.05, 4.69) is 76.7 Å². The number of nitrogens with one attached hydrogen (secondary N) is 1. The Bertz CT molecular complexity index is 602. The lowest BCUT2D eigenvalue weighted by Crippen LogP contribution is -2.39. The first-order chi connectivity index (χ1) is 10.3. The molecule has 3 rings (SSSR count). The normalized spacial score (nSPS) is 21.0. The summed E-state index contributed by atoms with van der Waals surface area (Å²) in [5.41, 5.74) is 4.38. The maximum absolute atomic E-state index is 3.71. The van der Waals surface area contributed by atoms with Crippen LogP contribution in [0.5, 0.6) is 0 Å². The smallest absolute Gasteiger partial charge is 0.0210 e. The van der Waals surface area contributed by atoms with Crippen molar-refractivity contribution in [3.8, 4) is 0 Å². The van der Waals surface area contributed by atoms with E-state index in [9.17, 15) is 0 Å². The quantitative estimate of drug-likeness (QED) is 0.801. The van der Waals surface area contributed by atoms with Crippen LogP contribution >= 0.6 is 15.9 Å². The average Bonchev–Trinajstić information content (AvgIpc) is 2.47. The predicted molar refractivity (Wildman–Crippen MR) is 92.6 cm³/mol. The lowest BCUT2D eigenvalue weighted by Gasteiger charge is -2.37. The van der Waals surface area contributed by atoms with Crippen molar-refractivity contribution in [1.82, 2.24) is 5.32 Å². The molecule has 0 aromatic heterocycles. The van der Waals surface area contributed by atoms with Crippen molar-refractivity contribution in [2.45, 2.75) is 44.7 Å². The van der Waals surface area contributed by atoms with Gasteiger partial charge in [-0.15, -0.1) is 0 Å². The maximum atomic E-state index is 3.71. The van der Waals surface area contributed by atoms with E-state index < -0.39 is 0 Å². The van der Waals surface area contributed by atoms with Crippen LogP contribution in [0.2, 0.25) is 0 Å². The third-order valence-electron chi connectivity index (χ3n) is 4.56. The van der Waals surface area contributed by atoms with Crippen LogP contribution in [-0.2, 0) is 13.0 Å². The van der Waals surface area contributed by atoms with E-state index >= 15 is 0 Å². The highest BCUT2D eigenvalue weighted by Gasteiger charge is 2.30. The predicted octanol–water partition coefficient (Wildman–Crippen LogP) is 5.05. The molecule has 21 heavy (non-hydrogen) atoms. The molecule has 110 valence electrons. The third-order valence-corrected chi connectivity index (χ3v) is 5.29. The van der Waals surface area contributed by atoms with Gasteiger partial charge in [-0.2, -0.15) is 0 Å². The monoisotopic (exact) mass is 343 g/mol. The van der Waals surface area contributed by atoms with Gasteiger partial charge in [-0.05, 0) is 47.9 Å². The van der Waals surface area contributed by atoms with Crippen LogP contribution in [0.1, 0.15) is 42.4 Å². The maximum Gasteiger partial charge on any atom is 0.0210 e. The zero-order valence-corrected chi connectivity index (χ0v) is 14.1. The highest BCUT2D eigenvalue weighted by Crippen LogP contribution is 2.40. The Kier molecular flexibility index (Phi) is 4.77. The van der Waals surface area contributed by atoms with E-state index in [4.69, 9.17) is 0 Å². The van der Waals surface area contributed by atoms with Crippen molar-refractivity contribution in [1.29, 1.82) is 0 Å². The van der Waals surface area contributed by atoms with Gasteiger partial charge in [-0.1, -0.05) is 65.3 Å². The average molecular weight is 344 g/mol. The molecule has 0 aliphatic heterocycles. The van der Waals surface area contributed by atoms with Crippen molar-refractivity contribution >= 4 is 15.9 Å². The Morgan fingerprint density at radius 1 is 1.00 bits per heavy atom. The molecule has 0 spiro atoms. The fourth-order valence-electron chi connectivity index (χ4n) is 3.17. The minimum absolute atomic E-state index is 0.659. The van der Waals surface area contributed by atoms with Crippen LogP contribution in [0.4, 0.5) is 0 Å². The molecule has 2 heteroatoms. The molecule has 0 radical (unpaired) electrons. The molecule has 0 heterocycles. The Hall–Kier alpha value is -1.12. The number of hydrogen-bond acceptors (Lipinski definition) is 1. The molecule has 1 aliphatic carbocycles. The van der Waals surface area contributed by atoms with Gasteiger partial charge in [0.2, 0.25) is 0 Å². The van der Waals surface area contributed by atoms with E-state index in [0.717, 1.165) is 13.0 Å². The molecule has 1 aliphatic rings. The second-order valence-corrected chi connectivity index (χ2v) is 6.74. The summed E-state index contributed by atoms with van der Waals surface area (Å²) in [4.78, 5) is 0. The summed E-state index contributed by atoms with van der Waals surface area (Å²) >= 11 is 3.67. The van der Waals surface area contributed by atoms with Crippen molar-refractivity contribution in [3.63, 3.8) is 0 Å². The molecule has 1 fully saturated rings. The van der Waals surface area contributed by atoms with Crippen LogP contribution in [0.3, 0.4) is 0 Å². The van der Waals surface area contributed by atoms with Crippen LogP contribution in [0.25, 0.3) is 0 Å². The van der Waals surface area contributed by atoms with Crippen molar-refractivity contribution in [2.24, 2.45) is 0 Å². The third kappa shape index (κ3) is 3.38. The fourth-order valence-corrected chi connectivity index (χ4v) is 3.78. The topological polar surface area (TPSA) is 12.0 Å². The first-order valence-corrected chi connectivity index (χ1v) is 8.61. The van der Waals surface area contributed by atoms with Crippen molar-refractivity contribution in [3.05, 3.63) is 69.7 Å². The standard InChI is InChI=1S/C19H22BrN/c1-2-14-7-3-4-8-15(14)13-21-17-11-16(12-17)18-9-5-6-10-19(18)20/h3-10,16-17,21H,2,11-13H2,1H3. The van der Waals surface area contributed by atoms with Gasteiger partial charge in [-0.25, -0.2) is 0 Å². The van der Waals surface area contributed by atoms with Gasteiger partial charge in [0.05, 0.1) is 0 Å². The summed E-state index contributed by atoms with van der Waals surface area (Å²) in [6.45, 7) is 3.22. The van der Waals surface area contributed by atoms with Gasteiger partial charge >= 0.3 is 0 Å². The number of rotatable bonds is 5. The number of halogens is 1. The zero-order chi connectivity index (χ0) is 14.7. The lowest BCUT2D eigenvalue weighted by atomic mass is 9.76. The van der Waals surface area contributed by atoms with Crippen molar-refractivity contribution in [2.75, 3.05) is 0 Å². The summed E-state index contributed by atoms with van der Waals surface area (Å²) in [5.74, 6) is 0.708. The second kappa shape index (κ2) is 6.76. The molecule has 2 aromatic rings. The SMILES string of the molecule is CCc1ccccc1CNC1CC(c2ccccc2Br)C1. The Morgan fingerprint density at radius 2 is 1.67 bits per heavy atom. The van der Waals surface area contributed by atoms with E-state index in [-0.39, 0.29) is 0 Å². The van der Waals surface area contributed by atoms with E-state index in [1.54, 1.807) is 0 Å². The molecule has 1 nitrogen and oxygen atoms in total. The van der Waals surface area contributed by atoms with Crippen LogP contribution < -0.4 is 5.32 Å². The van der Waals surface area contributed by atoms with Crippen LogP contribution in [0.15, 0.2) is 53.0 Å². The van der Waals surface area contributed by atoms with Gasteiger partial charge in [0.15, 0.2) is 0 Å². The Labute approximate surface area is 135 Å². The fraction of sp³-hybridized carbons (Fsp3) is 0.368. The van der Waals surface area contributed by atoms with Gasteiger partial charge in [0.1, 0.15) is 0 Å². The Morgan fingerprint density at radius 3 is 2.38 bits per heavy atom. The van der Waals surface area contributed by atoms with E-state index in [0.29, 0.717) is 12.0 Å². The van der Waals surface area contributed by atoms with Gasteiger partial charge < -0.3 is 5.32 Å². The van der Waals surface area contributed by atoms with Crippen molar-refractivity contribution < 1.29 is 0 Å². The van der Waals surface area contributed by atoms with E-state index in [1.807, 2.05) is 0 Å². The first-order valence-electron chi connectivity index (χ1n) is 7.82. The molecule has 0 bridgehead atoms. The largest absolute Gasteiger partial charge is 0.310 e. The molecule has 0 atom stereocenters. The molecule has 0 unspecified atom stereocenters. The summed E-state index contributed by atoms with van der Waals surface area (Å²) < 4.78 is 1.25. The molecule has 0 saturated heterocycles. The second-order valence-electron chi connectivity index (χ2n) is 5.89. The zero-order valence-electron chi connectivity index (χ0n) is 12.5. The highest BCUT2D eigenvalue weighted by molar-refractivity contribution is 9.10. The molecule has 2 aromatic carbocycles. The highest BCUT2D eigenvalue weighted by atomic mass is 79.9. The number of aryl methyl sites for hydroxylation is 1. The molecule has 0 amide bonds. The van der Waals surface area contributed by atoms with E-state index in [1.165, 1.54) is 34.0 Å². The summed E-state index contributed by atoms with van der Waals surface area (Å²) in [6, 6.07) is 18.0.